The zero-order valence-electron chi connectivity index (χ0n) is 13.2. The van der Waals surface area contributed by atoms with Crippen molar-refractivity contribution < 1.29 is 27.5 Å². The fourth-order valence-corrected chi connectivity index (χ4v) is 4.38. The second kappa shape index (κ2) is 4.65. The van der Waals surface area contributed by atoms with Crippen LogP contribution in [-0.4, -0.2) is 23.0 Å². The van der Waals surface area contributed by atoms with Gasteiger partial charge in [0.05, 0.1) is 39.3 Å². The van der Waals surface area contributed by atoms with Crippen LogP contribution in [0.2, 0.25) is 5.02 Å². The van der Waals surface area contributed by atoms with E-state index in [0.29, 0.717) is 0 Å². The molecule has 0 unspecified atom stereocenters. The Morgan fingerprint density at radius 1 is 1.08 bits per heavy atom. The number of ether oxygens (including phenoxy) is 1. The highest BCUT2D eigenvalue weighted by Crippen LogP contribution is 2.57. The van der Waals surface area contributed by atoms with Gasteiger partial charge in [-0.1, -0.05) is 23.8 Å². The molecule has 0 spiro atoms. The van der Waals surface area contributed by atoms with Crippen LogP contribution in [0, 0.1) is 11.8 Å². The summed E-state index contributed by atoms with van der Waals surface area (Å²) in [5, 5.41) is -0.487. The molecule has 3 aliphatic heterocycles. The largest absolute Gasteiger partial charge is 0.417 e. The maximum absolute atomic E-state index is 13.1. The summed E-state index contributed by atoms with van der Waals surface area (Å²) < 4.78 is 45.1. The zero-order valence-corrected chi connectivity index (χ0v) is 14.0. The first-order valence-corrected chi connectivity index (χ1v) is 8.01. The van der Waals surface area contributed by atoms with Gasteiger partial charge in [-0.05, 0) is 32.0 Å². The van der Waals surface area contributed by atoms with Gasteiger partial charge in [-0.25, -0.2) is 4.90 Å². The summed E-state index contributed by atoms with van der Waals surface area (Å²) in [5.74, 6) is -2.61. The minimum Gasteiger partial charge on any atom is -0.359 e. The first-order chi connectivity index (χ1) is 11.5. The van der Waals surface area contributed by atoms with E-state index in [2.05, 4.69) is 0 Å². The van der Waals surface area contributed by atoms with Crippen molar-refractivity contribution in [1.82, 2.24) is 0 Å². The highest BCUT2D eigenvalue weighted by molar-refractivity contribution is 6.31. The Bertz CT molecular complexity index is 816. The van der Waals surface area contributed by atoms with Gasteiger partial charge in [-0.3, -0.25) is 9.59 Å². The van der Waals surface area contributed by atoms with E-state index in [1.807, 2.05) is 0 Å². The van der Waals surface area contributed by atoms with Crippen molar-refractivity contribution in [1.29, 1.82) is 0 Å². The van der Waals surface area contributed by atoms with Crippen molar-refractivity contribution in [3.63, 3.8) is 0 Å². The highest BCUT2D eigenvalue weighted by Gasteiger charge is 2.70. The van der Waals surface area contributed by atoms with E-state index in [1.165, 1.54) is 6.07 Å². The van der Waals surface area contributed by atoms with Crippen LogP contribution in [0.1, 0.15) is 19.4 Å². The van der Waals surface area contributed by atoms with Crippen molar-refractivity contribution in [2.45, 2.75) is 31.2 Å². The average Bonchev–Trinajstić information content (AvgIpc) is 3.04. The van der Waals surface area contributed by atoms with Crippen LogP contribution in [0.25, 0.3) is 0 Å². The SMILES string of the molecule is C[C@]12C=C[C@](C)(O1)[C@@H]1C(=O)N(c3ccc(Cl)c(C(F)(F)F)c3)C(=O)[C@H]12. The number of hydrogen-bond acceptors (Lipinski definition) is 3. The molecular weight excluding hydrogens is 359 g/mol. The lowest BCUT2D eigenvalue weighted by molar-refractivity contribution is -0.137. The number of alkyl halides is 3. The number of imide groups is 1. The van der Waals surface area contributed by atoms with E-state index in [1.54, 1.807) is 26.0 Å². The summed E-state index contributed by atoms with van der Waals surface area (Å²) in [7, 11) is 0. The van der Waals surface area contributed by atoms with Gasteiger partial charge in [0.15, 0.2) is 0 Å². The Kier molecular flexibility index (Phi) is 3.09. The highest BCUT2D eigenvalue weighted by atomic mass is 35.5. The first-order valence-electron chi connectivity index (χ1n) is 7.63. The molecule has 3 heterocycles. The molecular formula is C17H13ClF3NO3. The number of halogens is 4. The van der Waals surface area contributed by atoms with Gasteiger partial charge in [-0.15, -0.1) is 0 Å². The summed E-state index contributed by atoms with van der Waals surface area (Å²) in [6, 6.07) is 3.02. The molecule has 2 fully saturated rings. The van der Waals surface area contributed by atoms with Gasteiger partial charge in [-0.2, -0.15) is 13.2 Å². The molecule has 4 nitrogen and oxygen atoms in total. The number of carbonyl (C=O) groups is 2. The molecule has 132 valence electrons. The molecule has 0 saturated carbocycles. The van der Waals surface area contributed by atoms with Crippen LogP contribution in [0.3, 0.4) is 0 Å². The van der Waals surface area contributed by atoms with E-state index in [-0.39, 0.29) is 5.69 Å². The number of fused-ring (bicyclic) bond motifs is 5. The van der Waals surface area contributed by atoms with E-state index in [9.17, 15) is 22.8 Å². The standard InChI is InChI=1S/C17H13ClF3NO3/c1-15-5-6-16(2,25-15)12-11(15)13(23)22(14(12)24)8-3-4-10(18)9(7-8)17(19,20)21/h3-7,11-12H,1-2H3/t11-,12-,15-,16+/m0/s1. The second-order valence-electron chi connectivity index (χ2n) is 6.93. The maximum Gasteiger partial charge on any atom is 0.417 e. The van der Waals surface area contributed by atoms with Crippen molar-refractivity contribution in [2.75, 3.05) is 4.90 Å². The molecule has 0 aliphatic carbocycles. The predicted molar refractivity (Wildman–Crippen MR) is 83.0 cm³/mol. The number of benzene rings is 1. The average molecular weight is 372 g/mol. The van der Waals surface area contributed by atoms with Gasteiger partial charge < -0.3 is 4.74 Å². The Labute approximate surface area is 146 Å². The lowest BCUT2D eigenvalue weighted by Crippen LogP contribution is -2.39. The zero-order chi connectivity index (χ0) is 18.4. The number of nitrogens with zero attached hydrogens (tertiary/aromatic N) is 1. The molecule has 1 aromatic carbocycles. The molecule has 4 rings (SSSR count). The number of hydrogen-bond donors (Lipinski definition) is 0. The summed E-state index contributed by atoms with van der Waals surface area (Å²) in [6.07, 6.45) is -1.20. The Morgan fingerprint density at radius 3 is 2.08 bits per heavy atom. The lowest BCUT2D eigenvalue weighted by Gasteiger charge is -2.25. The number of anilines is 1. The van der Waals surface area contributed by atoms with Crippen LogP contribution >= 0.6 is 11.6 Å². The summed E-state index contributed by atoms with van der Waals surface area (Å²) >= 11 is 5.62. The monoisotopic (exact) mass is 371 g/mol. The van der Waals surface area contributed by atoms with Crippen molar-refractivity contribution in [2.24, 2.45) is 11.8 Å². The third-order valence-corrected chi connectivity index (χ3v) is 5.57. The van der Waals surface area contributed by atoms with Gasteiger partial charge in [0.1, 0.15) is 0 Å². The summed E-state index contributed by atoms with van der Waals surface area (Å²) in [6.45, 7) is 3.41. The Hall–Kier alpha value is -1.86. The molecule has 3 aliphatic rings. The van der Waals surface area contributed by atoms with Gasteiger partial charge in [0.2, 0.25) is 11.8 Å². The quantitative estimate of drug-likeness (QED) is 0.560. The van der Waals surface area contributed by atoms with Crippen LogP contribution in [-0.2, 0) is 20.5 Å². The minimum atomic E-state index is -4.68. The lowest BCUT2D eigenvalue weighted by atomic mass is 9.73. The Morgan fingerprint density at radius 2 is 1.60 bits per heavy atom. The third-order valence-electron chi connectivity index (χ3n) is 5.24. The molecule has 2 amide bonds. The number of carbonyl (C=O) groups excluding carboxylic acids is 2. The van der Waals surface area contributed by atoms with Crippen LogP contribution in [0.5, 0.6) is 0 Å². The maximum atomic E-state index is 13.1. The molecule has 0 N–H and O–H groups in total. The van der Waals surface area contributed by atoms with E-state index >= 15 is 0 Å². The van der Waals surface area contributed by atoms with E-state index in [4.69, 9.17) is 16.3 Å². The third kappa shape index (κ3) is 2.05. The van der Waals surface area contributed by atoms with Gasteiger partial charge >= 0.3 is 6.18 Å². The van der Waals surface area contributed by atoms with E-state index < -0.39 is 51.6 Å². The predicted octanol–water partition coefficient (Wildman–Crippen LogP) is 3.58. The van der Waals surface area contributed by atoms with Crippen molar-refractivity contribution in [3.8, 4) is 0 Å². The fourth-order valence-electron chi connectivity index (χ4n) is 4.16. The van der Waals surface area contributed by atoms with Gasteiger partial charge in [0.25, 0.3) is 0 Å². The molecule has 4 atom stereocenters. The molecule has 8 heteroatoms. The fraction of sp³-hybridized carbons (Fsp3) is 0.412. The van der Waals surface area contributed by atoms with Crippen molar-refractivity contribution in [3.05, 3.63) is 40.9 Å². The normalized spacial score (nSPS) is 36.5. The van der Waals surface area contributed by atoms with E-state index in [0.717, 1.165) is 17.0 Å². The molecule has 2 saturated heterocycles. The van der Waals surface area contributed by atoms with Crippen LogP contribution in [0.4, 0.5) is 18.9 Å². The molecule has 2 bridgehead atoms. The Balaban J connectivity index is 1.80. The summed E-state index contributed by atoms with van der Waals surface area (Å²) in [4.78, 5) is 26.5. The van der Waals surface area contributed by atoms with Crippen molar-refractivity contribution >= 4 is 29.1 Å². The molecule has 25 heavy (non-hydrogen) atoms. The van der Waals surface area contributed by atoms with Gasteiger partial charge in [0, 0.05) is 0 Å². The second-order valence-corrected chi connectivity index (χ2v) is 7.34. The molecule has 0 radical (unpaired) electrons. The number of rotatable bonds is 1. The topological polar surface area (TPSA) is 46.6 Å². The molecule has 0 aromatic heterocycles. The molecule has 1 aromatic rings. The smallest absolute Gasteiger partial charge is 0.359 e. The minimum absolute atomic E-state index is 0.132. The summed E-state index contributed by atoms with van der Waals surface area (Å²) in [5.41, 5.74) is -3.08. The number of amides is 2. The van der Waals surface area contributed by atoms with Crippen LogP contribution < -0.4 is 4.90 Å². The van der Waals surface area contributed by atoms with Crippen LogP contribution in [0.15, 0.2) is 30.4 Å². The first kappa shape index (κ1) is 16.6.